The number of benzene rings is 1. The number of pyridine rings is 1. The van der Waals surface area contributed by atoms with E-state index in [0.717, 1.165) is 17.9 Å². The molecule has 0 fully saturated rings. The molecule has 1 unspecified atom stereocenters. The molecule has 2 N–H and O–H groups in total. The molecule has 0 saturated heterocycles. The molecule has 3 nitrogen and oxygen atoms in total. The molecule has 1 heterocycles. The first-order chi connectivity index (χ1) is 8.79. The molecule has 0 amide bonds. The summed E-state index contributed by atoms with van der Waals surface area (Å²) in [4.78, 5) is 4.18. The molecule has 1 aromatic heterocycles. The maximum atomic E-state index is 4.18. The van der Waals surface area contributed by atoms with E-state index in [2.05, 4.69) is 52.9 Å². The Kier molecular flexibility index (Phi) is 4.18. The van der Waals surface area contributed by atoms with Gasteiger partial charge < -0.3 is 10.6 Å². The normalized spacial score (nSPS) is 11.9. The van der Waals surface area contributed by atoms with E-state index in [9.17, 15) is 0 Å². The van der Waals surface area contributed by atoms with E-state index in [-0.39, 0.29) is 0 Å². The molecule has 0 aliphatic carbocycles. The zero-order valence-electron chi connectivity index (χ0n) is 10.9. The van der Waals surface area contributed by atoms with Gasteiger partial charge in [0, 0.05) is 13.6 Å². The van der Waals surface area contributed by atoms with Gasteiger partial charge in [0.05, 0.1) is 23.8 Å². The Balaban J connectivity index is 1.95. The molecule has 1 aromatic carbocycles. The summed E-state index contributed by atoms with van der Waals surface area (Å²) in [6, 6.07) is 12.6. The standard InChI is InChI=1S/C15H19N3/c1-12(13-6-4-3-5-7-13)9-18-15-8-14(16-2)10-17-11-15/h3-8,10-12,16,18H,9H2,1-2H3. The first-order valence-electron chi connectivity index (χ1n) is 6.21. The SMILES string of the molecule is CNc1cncc(NCC(C)c2ccccc2)c1. The summed E-state index contributed by atoms with van der Waals surface area (Å²) in [6.07, 6.45) is 3.66. The number of hydrogen-bond donors (Lipinski definition) is 2. The molecule has 0 saturated carbocycles. The third-order valence-corrected chi connectivity index (χ3v) is 3.01. The van der Waals surface area contributed by atoms with E-state index in [0.29, 0.717) is 5.92 Å². The number of nitrogens with one attached hydrogen (secondary N) is 2. The van der Waals surface area contributed by atoms with Gasteiger partial charge in [-0.25, -0.2) is 0 Å². The van der Waals surface area contributed by atoms with E-state index >= 15 is 0 Å². The van der Waals surface area contributed by atoms with E-state index in [1.807, 2.05) is 25.5 Å². The fourth-order valence-electron chi connectivity index (χ4n) is 1.84. The van der Waals surface area contributed by atoms with Crippen molar-refractivity contribution in [3.8, 4) is 0 Å². The minimum Gasteiger partial charge on any atom is -0.387 e. The number of anilines is 2. The number of rotatable bonds is 5. The van der Waals surface area contributed by atoms with Crippen molar-refractivity contribution in [1.82, 2.24) is 4.98 Å². The van der Waals surface area contributed by atoms with Crippen molar-refractivity contribution < 1.29 is 0 Å². The van der Waals surface area contributed by atoms with Crippen molar-refractivity contribution in [3.63, 3.8) is 0 Å². The van der Waals surface area contributed by atoms with Crippen LogP contribution in [0.25, 0.3) is 0 Å². The average molecular weight is 241 g/mol. The second-order valence-electron chi connectivity index (χ2n) is 4.40. The maximum absolute atomic E-state index is 4.18. The molecule has 2 rings (SSSR count). The van der Waals surface area contributed by atoms with Crippen molar-refractivity contribution >= 4 is 11.4 Å². The fourth-order valence-corrected chi connectivity index (χ4v) is 1.84. The minimum atomic E-state index is 0.476. The highest BCUT2D eigenvalue weighted by Crippen LogP contribution is 2.17. The highest BCUT2D eigenvalue weighted by atomic mass is 14.9. The summed E-state index contributed by atoms with van der Waals surface area (Å²) in [5.74, 6) is 0.476. The predicted octanol–water partition coefficient (Wildman–Crippen LogP) is 3.34. The van der Waals surface area contributed by atoms with E-state index in [4.69, 9.17) is 0 Å². The number of aromatic nitrogens is 1. The molecule has 0 aliphatic rings. The lowest BCUT2D eigenvalue weighted by atomic mass is 10.0. The largest absolute Gasteiger partial charge is 0.387 e. The summed E-state index contributed by atoms with van der Waals surface area (Å²) in [6.45, 7) is 3.12. The van der Waals surface area contributed by atoms with E-state index in [1.165, 1.54) is 5.56 Å². The molecule has 0 spiro atoms. The van der Waals surface area contributed by atoms with Crippen LogP contribution in [0.2, 0.25) is 0 Å². The maximum Gasteiger partial charge on any atom is 0.0547 e. The molecule has 0 radical (unpaired) electrons. The third kappa shape index (κ3) is 3.23. The van der Waals surface area contributed by atoms with Crippen molar-refractivity contribution in [2.75, 3.05) is 24.2 Å². The Bertz CT molecular complexity index is 482. The average Bonchev–Trinajstić information content (AvgIpc) is 2.46. The Hall–Kier alpha value is -2.03. The van der Waals surface area contributed by atoms with Crippen LogP contribution in [0.15, 0.2) is 48.8 Å². The first-order valence-corrected chi connectivity index (χ1v) is 6.21. The lowest BCUT2D eigenvalue weighted by Gasteiger charge is -2.14. The van der Waals surface area contributed by atoms with Crippen LogP contribution in [0.5, 0.6) is 0 Å². The minimum absolute atomic E-state index is 0.476. The van der Waals surface area contributed by atoms with Crippen molar-refractivity contribution in [2.45, 2.75) is 12.8 Å². The Morgan fingerprint density at radius 3 is 2.56 bits per heavy atom. The Morgan fingerprint density at radius 1 is 1.11 bits per heavy atom. The molecule has 18 heavy (non-hydrogen) atoms. The van der Waals surface area contributed by atoms with Crippen molar-refractivity contribution in [1.29, 1.82) is 0 Å². The highest BCUT2D eigenvalue weighted by molar-refractivity contribution is 5.53. The molecular weight excluding hydrogens is 222 g/mol. The molecule has 0 bridgehead atoms. The van der Waals surface area contributed by atoms with Crippen LogP contribution in [0, 0.1) is 0 Å². The molecule has 0 aliphatic heterocycles. The number of nitrogens with zero attached hydrogens (tertiary/aromatic N) is 1. The molecule has 1 atom stereocenters. The summed E-state index contributed by atoms with van der Waals surface area (Å²) in [5, 5.41) is 6.50. The molecular formula is C15H19N3. The lowest BCUT2D eigenvalue weighted by Crippen LogP contribution is -2.10. The van der Waals surface area contributed by atoms with Gasteiger partial charge in [-0.3, -0.25) is 4.98 Å². The third-order valence-electron chi connectivity index (χ3n) is 3.01. The summed E-state index contributed by atoms with van der Waals surface area (Å²) < 4.78 is 0. The van der Waals surface area contributed by atoms with Crippen LogP contribution in [0.1, 0.15) is 18.4 Å². The zero-order chi connectivity index (χ0) is 12.8. The van der Waals surface area contributed by atoms with Gasteiger partial charge in [-0.05, 0) is 17.5 Å². The quantitative estimate of drug-likeness (QED) is 0.843. The van der Waals surface area contributed by atoms with Crippen molar-refractivity contribution in [2.24, 2.45) is 0 Å². The predicted molar refractivity (Wildman–Crippen MR) is 77.1 cm³/mol. The smallest absolute Gasteiger partial charge is 0.0547 e. The number of hydrogen-bond acceptors (Lipinski definition) is 3. The highest BCUT2D eigenvalue weighted by Gasteiger charge is 2.04. The second kappa shape index (κ2) is 6.05. The van der Waals surface area contributed by atoms with Gasteiger partial charge in [-0.15, -0.1) is 0 Å². The van der Waals surface area contributed by atoms with Crippen LogP contribution < -0.4 is 10.6 Å². The van der Waals surface area contributed by atoms with Crippen LogP contribution in [0.4, 0.5) is 11.4 Å². The summed E-state index contributed by atoms with van der Waals surface area (Å²) in [5.41, 5.74) is 3.42. The summed E-state index contributed by atoms with van der Waals surface area (Å²) in [7, 11) is 1.90. The van der Waals surface area contributed by atoms with Gasteiger partial charge in [0.1, 0.15) is 0 Å². The Morgan fingerprint density at radius 2 is 1.83 bits per heavy atom. The van der Waals surface area contributed by atoms with Crippen LogP contribution >= 0.6 is 0 Å². The first kappa shape index (κ1) is 12.4. The summed E-state index contributed by atoms with van der Waals surface area (Å²) >= 11 is 0. The van der Waals surface area contributed by atoms with E-state index < -0.39 is 0 Å². The van der Waals surface area contributed by atoms with Crippen LogP contribution in [-0.2, 0) is 0 Å². The van der Waals surface area contributed by atoms with Gasteiger partial charge >= 0.3 is 0 Å². The second-order valence-corrected chi connectivity index (χ2v) is 4.40. The lowest BCUT2D eigenvalue weighted by molar-refractivity contribution is 0.804. The van der Waals surface area contributed by atoms with Crippen LogP contribution in [0.3, 0.4) is 0 Å². The van der Waals surface area contributed by atoms with Crippen LogP contribution in [-0.4, -0.2) is 18.6 Å². The van der Waals surface area contributed by atoms with Crippen molar-refractivity contribution in [3.05, 3.63) is 54.4 Å². The monoisotopic (exact) mass is 241 g/mol. The molecule has 2 aromatic rings. The zero-order valence-corrected chi connectivity index (χ0v) is 10.9. The van der Waals surface area contributed by atoms with Gasteiger partial charge in [-0.1, -0.05) is 37.3 Å². The van der Waals surface area contributed by atoms with Gasteiger partial charge in [0.2, 0.25) is 0 Å². The van der Waals surface area contributed by atoms with Gasteiger partial charge in [0.15, 0.2) is 0 Å². The molecule has 94 valence electrons. The van der Waals surface area contributed by atoms with E-state index in [1.54, 1.807) is 0 Å². The van der Waals surface area contributed by atoms with Gasteiger partial charge in [0.25, 0.3) is 0 Å². The fraction of sp³-hybridized carbons (Fsp3) is 0.267. The van der Waals surface area contributed by atoms with Gasteiger partial charge in [-0.2, -0.15) is 0 Å². The topological polar surface area (TPSA) is 37.0 Å². The molecule has 3 heteroatoms. The Labute approximate surface area is 108 Å².